The van der Waals surface area contributed by atoms with Crippen molar-refractivity contribution in [1.29, 1.82) is 0 Å². The highest BCUT2D eigenvalue weighted by Gasteiger charge is 2.42. The van der Waals surface area contributed by atoms with Crippen LogP contribution in [0.4, 0.5) is 23.4 Å². The number of fused-ring (bicyclic) bond motifs is 1. The summed E-state index contributed by atoms with van der Waals surface area (Å²) in [7, 11) is 0. The fourth-order valence-electron chi connectivity index (χ4n) is 3.05. The van der Waals surface area contributed by atoms with Crippen LogP contribution in [0.1, 0.15) is 30.6 Å². The molecule has 1 aromatic carbocycles. The molecule has 2 aromatic rings. The van der Waals surface area contributed by atoms with Crippen molar-refractivity contribution in [2.24, 2.45) is 5.92 Å². The number of ether oxygens (including phenoxy) is 1. The van der Waals surface area contributed by atoms with Crippen molar-refractivity contribution >= 4 is 22.7 Å². The Morgan fingerprint density at radius 1 is 1.38 bits per heavy atom. The zero-order chi connectivity index (χ0) is 19.1. The van der Waals surface area contributed by atoms with Crippen LogP contribution in [0.3, 0.4) is 0 Å². The van der Waals surface area contributed by atoms with Crippen LogP contribution in [0.15, 0.2) is 18.2 Å². The van der Waals surface area contributed by atoms with Crippen molar-refractivity contribution in [2.75, 3.05) is 24.6 Å². The maximum atomic E-state index is 14.1. The third-order valence-corrected chi connectivity index (χ3v) is 4.59. The number of hydrogen-bond acceptors (Lipinski definition) is 4. The van der Waals surface area contributed by atoms with Crippen LogP contribution >= 0.6 is 0 Å². The van der Waals surface area contributed by atoms with E-state index in [1.807, 2.05) is 0 Å². The molecule has 140 valence electrons. The molecule has 26 heavy (non-hydrogen) atoms. The molecular formula is C18H18F4N2O2. The van der Waals surface area contributed by atoms with Gasteiger partial charge in [-0.1, -0.05) is 6.92 Å². The van der Waals surface area contributed by atoms with Crippen molar-refractivity contribution in [2.45, 2.75) is 26.2 Å². The van der Waals surface area contributed by atoms with Crippen molar-refractivity contribution in [1.82, 2.24) is 4.98 Å². The number of aromatic nitrogens is 1. The Morgan fingerprint density at radius 3 is 2.77 bits per heavy atom. The monoisotopic (exact) mass is 370 g/mol. The predicted octanol–water partition coefficient (Wildman–Crippen LogP) is 4.17. The van der Waals surface area contributed by atoms with Gasteiger partial charge in [0.2, 0.25) is 0 Å². The van der Waals surface area contributed by atoms with Crippen LogP contribution in [-0.4, -0.2) is 36.6 Å². The summed E-state index contributed by atoms with van der Waals surface area (Å²) in [6.07, 6.45) is -0.381. The number of alkyl halides is 2. The normalized spacial score (nSPS) is 19.6. The summed E-state index contributed by atoms with van der Waals surface area (Å²) in [5, 5.41) is -0.160. The fourth-order valence-corrected chi connectivity index (χ4v) is 3.05. The summed E-state index contributed by atoms with van der Waals surface area (Å²) >= 11 is 0. The van der Waals surface area contributed by atoms with Gasteiger partial charge in [0, 0.05) is 30.8 Å². The van der Waals surface area contributed by atoms with E-state index in [0.29, 0.717) is 0 Å². The van der Waals surface area contributed by atoms with Gasteiger partial charge < -0.3 is 9.64 Å². The van der Waals surface area contributed by atoms with Gasteiger partial charge in [-0.25, -0.2) is 27.3 Å². The van der Waals surface area contributed by atoms with E-state index in [9.17, 15) is 22.4 Å². The summed E-state index contributed by atoms with van der Waals surface area (Å²) in [5.41, 5.74) is 0.0678. The molecule has 0 spiro atoms. The molecule has 8 heteroatoms. The van der Waals surface area contributed by atoms with Crippen molar-refractivity contribution in [3.63, 3.8) is 0 Å². The number of halogens is 4. The highest BCUT2D eigenvalue weighted by Crippen LogP contribution is 2.36. The summed E-state index contributed by atoms with van der Waals surface area (Å²) in [4.78, 5) is 18.1. The van der Waals surface area contributed by atoms with Crippen LogP contribution < -0.4 is 4.90 Å². The second kappa shape index (κ2) is 6.74. The van der Waals surface area contributed by atoms with Crippen molar-refractivity contribution in [3.8, 4) is 0 Å². The van der Waals surface area contributed by atoms with E-state index in [4.69, 9.17) is 4.74 Å². The van der Waals surface area contributed by atoms with E-state index in [1.165, 1.54) is 19.1 Å². The molecule has 2 heterocycles. The molecule has 1 unspecified atom stereocenters. The van der Waals surface area contributed by atoms with E-state index in [0.717, 1.165) is 6.07 Å². The molecule has 1 fully saturated rings. The first kappa shape index (κ1) is 18.4. The molecule has 0 amide bonds. The molecule has 0 radical (unpaired) electrons. The summed E-state index contributed by atoms with van der Waals surface area (Å²) in [6, 6.07) is 3.39. The minimum Gasteiger partial charge on any atom is -0.462 e. The molecule has 1 aliphatic rings. The van der Waals surface area contributed by atoms with Gasteiger partial charge in [0.15, 0.2) is 11.6 Å². The Balaban J connectivity index is 2.12. The average Bonchev–Trinajstić information content (AvgIpc) is 2.60. The van der Waals surface area contributed by atoms with Crippen LogP contribution in [0, 0.1) is 17.6 Å². The van der Waals surface area contributed by atoms with E-state index in [2.05, 4.69) is 4.98 Å². The molecule has 1 saturated heterocycles. The van der Waals surface area contributed by atoms with Crippen LogP contribution in [0.2, 0.25) is 0 Å². The lowest BCUT2D eigenvalue weighted by atomic mass is 9.95. The Morgan fingerprint density at radius 2 is 2.12 bits per heavy atom. The number of piperidine rings is 1. The maximum absolute atomic E-state index is 14.1. The molecule has 0 saturated carbocycles. The lowest BCUT2D eigenvalue weighted by Crippen LogP contribution is -2.46. The summed E-state index contributed by atoms with van der Waals surface area (Å²) in [5.74, 6) is -6.53. The number of nitrogens with zero attached hydrogens (tertiary/aromatic N) is 2. The fraction of sp³-hybridized carbons (Fsp3) is 0.444. The summed E-state index contributed by atoms with van der Waals surface area (Å²) in [6.45, 7) is 3.09. The van der Waals surface area contributed by atoms with Gasteiger partial charge in [-0.3, -0.25) is 0 Å². The Hall–Kier alpha value is -2.38. The Bertz CT molecular complexity index is 857. The second-order valence-corrected chi connectivity index (χ2v) is 6.37. The molecule has 1 atom stereocenters. The third kappa shape index (κ3) is 3.20. The zero-order valence-electron chi connectivity index (χ0n) is 14.4. The molecule has 1 aromatic heterocycles. The SMILES string of the molecule is CCOC(=O)c1cc2c(F)c(F)ccc2nc1N1CCC(F)(F)C(C)C1. The highest BCUT2D eigenvalue weighted by molar-refractivity contribution is 5.99. The van der Waals surface area contributed by atoms with Gasteiger partial charge in [-0.05, 0) is 25.1 Å². The first-order valence-electron chi connectivity index (χ1n) is 8.33. The molecule has 0 bridgehead atoms. The zero-order valence-corrected chi connectivity index (χ0v) is 14.4. The lowest BCUT2D eigenvalue weighted by Gasteiger charge is -2.37. The number of hydrogen-bond donors (Lipinski definition) is 0. The van der Waals surface area contributed by atoms with Gasteiger partial charge in [0.05, 0.1) is 12.1 Å². The molecule has 0 N–H and O–H groups in total. The molecular weight excluding hydrogens is 352 g/mol. The van der Waals surface area contributed by atoms with Gasteiger partial charge in [0.1, 0.15) is 11.4 Å². The van der Waals surface area contributed by atoms with Gasteiger partial charge in [0.25, 0.3) is 5.92 Å². The number of benzene rings is 1. The van der Waals surface area contributed by atoms with Crippen molar-refractivity contribution < 1.29 is 27.1 Å². The van der Waals surface area contributed by atoms with Crippen LogP contribution in [0.5, 0.6) is 0 Å². The minimum atomic E-state index is -2.80. The van der Waals surface area contributed by atoms with E-state index in [-0.39, 0.29) is 48.4 Å². The van der Waals surface area contributed by atoms with Gasteiger partial charge >= 0.3 is 5.97 Å². The topological polar surface area (TPSA) is 42.4 Å². The van der Waals surface area contributed by atoms with Crippen molar-refractivity contribution in [3.05, 3.63) is 35.4 Å². The van der Waals surface area contributed by atoms with Gasteiger partial charge in [-0.15, -0.1) is 0 Å². The standard InChI is InChI=1S/C18H18F4N2O2/c1-3-26-17(25)12-8-11-14(5-4-13(19)15(11)20)23-16(12)24-7-6-18(21,22)10(2)9-24/h4-5,8,10H,3,6-7,9H2,1-2H3. The Labute approximate surface area is 147 Å². The maximum Gasteiger partial charge on any atom is 0.341 e. The number of esters is 1. The largest absolute Gasteiger partial charge is 0.462 e. The summed E-state index contributed by atoms with van der Waals surface area (Å²) < 4.78 is 60.1. The molecule has 3 rings (SSSR count). The molecule has 0 aliphatic carbocycles. The number of carbonyl (C=O) groups is 1. The van der Waals surface area contributed by atoms with E-state index in [1.54, 1.807) is 11.8 Å². The Kier molecular flexibility index (Phi) is 4.77. The number of carbonyl (C=O) groups excluding carboxylic acids is 1. The third-order valence-electron chi connectivity index (χ3n) is 4.59. The lowest BCUT2D eigenvalue weighted by molar-refractivity contribution is -0.0652. The highest BCUT2D eigenvalue weighted by atomic mass is 19.3. The number of rotatable bonds is 3. The van der Waals surface area contributed by atoms with Gasteiger partial charge in [-0.2, -0.15) is 0 Å². The molecule has 1 aliphatic heterocycles. The smallest absolute Gasteiger partial charge is 0.341 e. The predicted molar refractivity (Wildman–Crippen MR) is 88.6 cm³/mol. The first-order valence-corrected chi connectivity index (χ1v) is 8.33. The van der Waals surface area contributed by atoms with E-state index < -0.39 is 29.4 Å². The quantitative estimate of drug-likeness (QED) is 0.601. The van der Waals surface area contributed by atoms with Crippen LogP contribution in [0.25, 0.3) is 10.9 Å². The second-order valence-electron chi connectivity index (χ2n) is 6.37. The number of anilines is 1. The van der Waals surface area contributed by atoms with Crippen LogP contribution in [-0.2, 0) is 4.74 Å². The van der Waals surface area contributed by atoms with E-state index >= 15 is 0 Å². The first-order chi connectivity index (χ1) is 12.2. The number of pyridine rings is 1. The average molecular weight is 370 g/mol. The molecule has 4 nitrogen and oxygen atoms in total. The minimum absolute atomic E-state index is 0.00801.